The molecule has 0 fully saturated rings. The summed E-state index contributed by atoms with van der Waals surface area (Å²) < 4.78 is 0. The van der Waals surface area contributed by atoms with Crippen LogP contribution in [0.5, 0.6) is 0 Å². The maximum atomic E-state index is 6.09. The molecule has 104 valence electrons. The second kappa shape index (κ2) is 5.38. The monoisotopic (exact) mass is 298 g/mol. The van der Waals surface area contributed by atoms with Gasteiger partial charge in [0.2, 0.25) is 0 Å². The molecule has 0 aliphatic heterocycles. The van der Waals surface area contributed by atoms with Gasteiger partial charge >= 0.3 is 5.95 Å². The minimum absolute atomic E-state index is 0.0438. The molecule has 0 atom stereocenters. The van der Waals surface area contributed by atoms with Gasteiger partial charge in [0.1, 0.15) is 11.2 Å². The molecule has 1 aromatic heterocycles. The summed E-state index contributed by atoms with van der Waals surface area (Å²) in [6.45, 7) is 0. The molecule has 0 aliphatic rings. The number of aromatic nitrogens is 2. The lowest BCUT2D eigenvalue weighted by atomic mass is 10.1. The van der Waals surface area contributed by atoms with E-state index in [1.54, 1.807) is 6.07 Å². The minimum Gasteiger partial charge on any atom is -0.323 e. The van der Waals surface area contributed by atoms with Crippen molar-refractivity contribution in [1.29, 1.82) is 0 Å². The SMILES string of the molecule is NC(N)=[NH+]c1nc(-c2ccccc2)c2cc(Cl)ccc2n1. The van der Waals surface area contributed by atoms with E-state index in [1.165, 1.54) is 0 Å². The zero-order valence-corrected chi connectivity index (χ0v) is 11.8. The Morgan fingerprint density at radius 1 is 1.00 bits per heavy atom. The fourth-order valence-electron chi connectivity index (χ4n) is 2.10. The first-order valence-corrected chi connectivity index (χ1v) is 6.69. The third-order valence-corrected chi connectivity index (χ3v) is 3.20. The van der Waals surface area contributed by atoms with Crippen LogP contribution in [0.25, 0.3) is 22.2 Å². The normalized spacial score (nSPS) is 10.5. The largest absolute Gasteiger partial charge is 0.354 e. The lowest BCUT2D eigenvalue weighted by Crippen LogP contribution is -2.73. The molecular weight excluding hydrogens is 286 g/mol. The summed E-state index contributed by atoms with van der Waals surface area (Å²) in [5, 5.41) is 1.50. The van der Waals surface area contributed by atoms with E-state index in [-0.39, 0.29) is 5.96 Å². The average Bonchev–Trinajstić information content (AvgIpc) is 2.47. The standard InChI is InChI=1S/C15H12ClN5/c16-10-6-7-12-11(8-10)13(9-4-2-1-3-5-9)20-15(19-12)21-14(17)18/h1-8H,(H4,17,18,19,20,21)/p+1. The van der Waals surface area contributed by atoms with Crippen LogP contribution < -0.4 is 16.5 Å². The summed E-state index contributed by atoms with van der Waals surface area (Å²) in [5.74, 6) is 0.394. The van der Waals surface area contributed by atoms with Crippen molar-refractivity contribution in [1.82, 2.24) is 9.97 Å². The highest BCUT2D eigenvalue weighted by molar-refractivity contribution is 6.31. The second-order valence-electron chi connectivity index (χ2n) is 4.50. The Labute approximate surface area is 126 Å². The molecule has 0 radical (unpaired) electrons. The van der Waals surface area contributed by atoms with Gasteiger partial charge in [-0.05, 0) is 18.2 Å². The van der Waals surface area contributed by atoms with E-state index >= 15 is 0 Å². The quantitative estimate of drug-likeness (QED) is 0.485. The van der Waals surface area contributed by atoms with Gasteiger partial charge in [-0.3, -0.25) is 0 Å². The van der Waals surface area contributed by atoms with Crippen LogP contribution in [0.1, 0.15) is 0 Å². The second-order valence-corrected chi connectivity index (χ2v) is 4.94. The van der Waals surface area contributed by atoms with Crippen molar-refractivity contribution < 1.29 is 4.99 Å². The first-order valence-electron chi connectivity index (χ1n) is 6.31. The van der Waals surface area contributed by atoms with Crippen molar-refractivity contribution in [3.05, 3.63) is 53.6 Å². The summed E-state index contributed by atoms with van der Waals surface area (Å²) in [6, 6.07) is 15.3. The number of nitrogens with one attached hydrogen (secondary N) is 1. The summed E-state index contributed by atoms with van der Waals surface area (Å²) >= 11 is 6.09. The van der Waals surface area contributed by atoms with Crippen LogP contribution in [0.4, 0.5) is 5.95 Å². The Balaban J connectivity index is 2.33. The van der Waals surface area contributed by atoms with E-state index < -0.39 is 0 Å². The van der Waals surface area contributed by atoms with Crippen LogP contribution in [0.15, 0.2) is 48.5 Å². The molecule has 0 amide bonds. The molecule has 6 heteroatoms. The molecule has 5 nitrogen and oxygen atoms in total. The lowest BCUT2D eigenvalue weighted by molar-refractivity contribution is -0.366. The van der Waals surface area contributed by atoms with Crippen molar-refractivity contribution >= 4 is 34.4 Å². The van der Waals surface area contributed by atoms with Gasteiger partial charge in [0, 0.05) is 16.0 Å². The van der Waals surface area contributed by atoms with Gasteiger partial charge in [0.05, 0.1) is 0 Å². The predicted molar refractivity (Wildman–Crippen MR) is 84.0 cm³/mol. The number of hydrogen-bond donors (Lipinski definition) is 3. The van der Waals surface area contributed by atoms with Crippen LogP contribution in [-0.4, -0.2) is 15.9 Å². The number of guanidine groups is 1. The molecule has 0 aliphatic carbocycles. The molecule has 5 N–H and O–H groups in total. The van der Waals surface area contributed by atoms with Gasteiger partial charge in [0.15, 0.2) is 0 Å². The molecule has 1 heterocycles. The number of nitrogens with zero attached hydrogens (tertiary/aromatic N) is 2. The third-order valence-electron chi connectivity index (χ3n) is 2.96. The lowest BCUT2D eigenvalue weighted by Gasteiger charge is -2.04. The summed E-state index contributed by atoms with van der Waals surface area (Å²) in [5.41, 5.74) is 13.4. The van der Waals surface area contributed by atoms with Gasteiger partial charge in [-0.1, -0.05) is 41.9 Å². The summed E-state index contributed by atoms with van der Waals surface area (Å²) in [6.07, 6.45) is 0. The van der Waals surface area contributed by atoms with Crippen LogP contribution in [-0.2, 0) is 0 Å². The van der Waals surface area contributed by atoms with Crippen molar-refractivity contribution in [2.75, 3.05) is 0 Å². The van der Waals surface area contributed by atoms with Crippen molar-refractivity contribution in [3.8, 4) is 11.3 Å². The summed E-state index contributed by atoms with van der Waals surface area (Å²) in [4.78, 5) is 11.6. The highest BCUT2D eigenvalue weighted by Gasteiger charge is 2.14. The predicted octanol–water partition coefficient (Wildman–Crippen LogP) is 0.936. The number of benzene rings is 2. The highest BCUT2D eigenvalue weighted by Crippen LogP contribution is 2.28. The Kier molecular flexibility index (Phi) is 3.41. The topological polar surface area (TPSA) is 91.8 Å². The zero-order chi connectivity index (χ0) is 14.8. The Morgan fingerprint density at radius 2 is 1.76 bits per heavy atom. The average molecular weight is 299 g/mol. The zero-order valence-electron chi connectivity index (χ0n) is 11.0. The molecule has 0 spiro atoms. The molecule has 0 saturated heterocycles. The molecule has 0 unspecified atom stereocenters. The fourth-order valence-corrected chi connectivity index (χ4v) is 2.27. The van der Waals surface area contributed by atoms with Crippen LogP contribution in [0.2, 0.25) is 5.02 Å². The molecule has 0 saturated carbocycles. The van der Waals surface area contributed by atoms with Crippen molar-refractivity contribution in [3.63, 3.8) is 0 Å². The number of fused-ring (bicyclic) bond motifs is 1. The van der Waals surface area contributed by atoms with E-state index in [0.717, 1.165) is 22.2 Å². The van der Waals surface area contributed by atoms with Crippen molar-refractivity contribution in [2.24, 2.45) is 11.5 Å². The van der Waals surface area contributed by atoms with Gasteiger partial charge in [-0.15, -0.1) is 9.97 Å². The molecule has 3 aromatic rings. The fraction of sp³-hybridized carbons (Fsp3) is 0. The number of hydrogen-bond acceptors (Lipinski definition) is 2. The molecule has 21 heavy (non-hydrogen) atoms. The van der Waals surface area contributed by atoms with E-state index in [1.807, 2.05) is 42.5 Å². The highest BCUT2D eigenvalue weighted by atomic mass is 35.5. The Morgan fingerprint density at radius 3 is 2.48 bits per heavy atom. The van der Waals surface area contributed by atoms with E-state index in [4.69, 9.17) is 23.1 Å². The Bertz CT molecular complexity index is 826. The van der Waals surface area contributed by atoms with E-state index in [9.17, 15) is 0 Å². The van der Waals surface area contributed by atoms with Gasteiger partial charge in [0.25, 0.3) is 5.96 Å². The maximum absolute atomic E-state index is 6.09. The summed E-state index contributed by atoms with van der Waals surface area (Å²) in [7, 11) is 0. The number of halogens is 1. The van der Waals surface area contributed by atoms with Gasteiger partial charge in [-0.2, -0.15) is 0 Å². The van der Waals surface area contributed by atoms with Crippen LogP contribution in [0, 0.1) is 0 Å². The number of rotatable bonds is 2. The van der Waals surface area contributed by atoms with Crippen LogP contribution >= 0.6 is 11.6 Å². The van der Waals surface area contributed by atoms with Gasteiger partial charge in [-0.25, -0.2) is 4.99 Å². The maximum Gasteiger partial charge on any atom is 0.354 e. The number of nitrogens with two attached hydrogens (primary N) is 2. The van der Waals surface area contributed by atoms with Crippen molar-refractivity contribution in [2.45, 2.75) is 0 Å². The van der Waals surface area contributed by atoms with Crippen LogP contribution in [0.3, 0.4) is 0 Å². The third kappa shape index (κ3) is 2.78. The molecule has 3 rings (SSSR count). The first kappa shape index (κ1) is 13.3. The molecule has 2 aromatic carbocycles. The van der Waals surface area contributed by atoms with E-state index in [0.29, 0.717) is 11.0 Å². The molecule has 0 bridgehead atoms. The van der Waals surface area contributed by atoms with Gasteiger partial charge < -0.3 is 11.5 Å². The first-order chi connectivity index (χ1) is 10.1. The van der Waals surface area contributed by atoms with E-state index in [2.05, 4.69) is 15.0 Å². The molecular formula is C15H13ClN5+. The smallest absolute Gasteiger partial charge is 0.323 e. The Hall–Kier alpha value is -2.66. The minimum atomic E-state index is 0.0438.